The van der Waals surface area contributed by atoms with Crippen LogP contribution >= 0.6 is 11.6 Å². The summed E-state index contributed by atoms with van der Waals surface area (Å²) in [5, 5.41) is 8.72. The van der Waals surface area contributed by atoms with E-state index in [-0.39, 0.29) is 11.4 Å². The Hall–Kier alpha value is -1.18. The number of rotatable bonds is 4. The lowest BCUT2D eigenvalue weighted by Crippen LogP contribution is -2.40. The summed E-state index contributed by atoms with van der Waals surface area (Å²) >= 11 is 5.58. The lowest BCUT2D eigenvalue weighted by molar-refractivity contribution is -0.143. The van der Waals surface area contributed by atoms with Crippen LogP contribution in [0, 0.1) is 11.7 Å². The highest BCUT2D eigenvalue weighted by Crippen LogP contribution is 2.27. The molecule has 1 aliphatic rings. The molecule has 0 radical (unpaired) electrons. The lowest BCUT2D eigenvalue weighted by atomic mass is 9.86. The van der Waals surface area contributed by atoms with Crippen molar-refractivity contribution in [3.05, 3.63) is 29.0 Å². The van der Waals surface area contributed by atoms with E-state index in [0.717, 1.165) is 6.07 Å². The Bertz CT molecular complexity index is 650. The molecule has 0 heterocycles. The Morgan fingerprint density at radius 3 is 2.76 bits per heavy atom. The molecule has 1 aromatic carbocycles. The molecule has 0 aromatic heterocycles. The van der Waals surface area contributed by atoms with E-state index in [4.69, 9.17) is 16.7 Å². The third-order valence-electron chi connectivity index (χ3n) is 3.55. The van der Waals surface area contributed by atoms with E-state index in [9.17, 15) is 17.6 Å². The highest BCUT2D eigenvalue weighted by Gasteiger charge is 2.31. The second-order valence-electron chi connectivity index (χ2n) is 5.07. The van der Waals surface area contributed by atoms with Gasteiger partial charge in [-0.05, 0) is 31.4 Å². The number of carbonyl (C=O) groups is 1. The number of carboxylic acids is 1. The molecule has 5 nitrogen and oxygen atoms in total. The van der Waals surface area contributed by atoms with Crippen LogP contribution in [0.5, 0.6) is 0 Å². The fourth-order valence-corrected chi connectivity index (χ4v) is 4.11. The van der Waals surface area contributed by atoms with E-state index >= 15 is 0 Å². The normalized spacial score (nSPS) is 23.0. The number of benzene rings is 1. The van der Waals surface area contributed by atoms with E-state index < -0.39 is 38.7 Å². The molecule has 1 aliphatic carbocycles. The Balaban J connectivity index is 2.18. The van der Waals surface area contributed by atoms with Gasteiger partial charge in [-0.15, -0.1) is 0 Å². The second-order valence-corrected chi connectivity index (χ2v) is 7.16. The maximum atomic E-state index is 13.8. The molecule has 2 unspecified atom stereocenters. The first-order valence-corrected chi connectivity index (χ1v) is 8.36. The summed E-state index contributed by atoms with van der Waals surface area (Å²) in [7, 11) is -4.06. The van der Waals surface area contributed by atoms with Gasteiger partial charge >= 0.3 is 5.97 Å². The molecule has 8 heteroatoms. The van der Waals surface area contributed by atoms with E-state index in [1.807, 2.05) is 0 Å². The van der Waals surface area contributed by atoms with Crippen molar-refractivity contribution in [2.45, 2.75) is 36.6 Å². The monoisotopic (exact) mass is 335 g/mol. The average molecular weight is 336 g/mol. The number of nitrogens with one attached hydrogen (secondary N) is 1. The summed E-state index contributed by atoms with van der Waals surface area (Å²) in [4.78, 5) is 10.5. The Kier molecular flexibility index (Phi) is 4.85. The van der Waals surface area contributed by atoms with Gasteiger partial charge in [-0.2, -0.15) is 0 Å². The van der Waals surface area contributed by atoms with Crippen LogP contribution in [0.15, 0.2) is 23.1 Å². The minimum absolute atomic E-state index is 0.205. The van der Waals surface area contributed by atoms with Gasteiger partial charge in [-0.25, -0.2) is 17.5 Å². The van der Waals surface area contributed by atoms with Crippen molar-refractivity contribution in [1.82, 2.24) is 4.72 Å². The summed E-state index contributed by atoms with van der Waals surface area (Å²) in [5.41, 5.74) is 0. The molecule has 1 saturated carbocycles. The predicted molar refractivity (Wildman–Crippen MR) is 75.1 cm³/mol. The van der Waals surface area contributed by atoms with Crippen molar-refractivity contribution in [1.29, 1.82) is 0 Å². The predicted octanol–water partition coefficient (Wildman–Crippen LogP) is 2.40. The minimum Gasteiger partial charge on any atom is -0.481 e. The minimum atomic E-state index is -4.06. The first-order chi connectivity index (χ1) is 9.81. The summed E-state index contributed by atoms with van der Waals surface area (Å²) in [5.74, 6) is -2.51. The molecule has 2 N–H and O–H groups in total. The van der Waals surface area contributed by atoms with Gasteiger partial charge in [-0.1, -0.05) is 24.1 Å². The fourth-order valence-electron chi connectivity index (χ4n) is 2.50. The van der Waals surface area contributed by atoms with Crippen LogP contribution in [-0.2, 0) is 14.8 Å². The molecule has 116 valence electrons. The molecule has 0 aliphatic heterocycles. The van der Waals surface area contributed by atoms with Crippen LogP contribution in [0.3, 0.4) is 0 Å². The molecular formula is C13H15ClFNO4S. The zero-order valence-electron chi connectivity index (χ0n) is 11.1. The van der Waals surface area contributed by atoms with Crippen molar-refractivity contribution in [2.24, 2.45) is 5.92 Å². The Morgan fingerprint density at radius 2 is 2.10 bits per heavy atom. The topological polar surface area (TPSA) is 83.5 Å². The van der Waals surface area contributed by atoms with Gasteiger partial charge in [0.1, 0.15) is 4.90 Å². The molecule has 21 heavy (non-hydrogen) atoms. The number of hydrogen-bond donors (Lipinski definition) is 2. The molecule has 0 spiro atoms. The summed E-state index contributed by atoms with van der Waals surface area (Å²) in [6.45, 7) is 0. The molecular weight excluding hydrogens is 321 g/mol. The number of carboxylic acid groups (broad SMARTS) is 1. The van der Waals surface area contributed by atoms with E-state index in [2.05, 4.69) is 4.72 Å². The molecule has 0 bridgehead atoms. The van der Waals surface area contributed by atoms with E-state index in [1.165, 1.54) is 12.1 Å². The largest absolute Gasteiger partial charge is 0.481 e. The van der Waals surface area contributed by atoms with Crippen LogP contribution in [0.2, 0.25) is 5.02 Å². The van der Waals surface area contributed by atoms with Crippen molar-refractivity contribution in [2.75, 3.05) is 0 Å². The standard InChI is InChI=1S/C13H15ClFNO4S/c14-10-5-2-6-11(12(10)15)21(19,20)16-9-4-1-3-8(7-9)13(17)18/h2,5-6,8-9,16H,1,3-4,7H2,(H,17,18). The maximum Gasteiger partial charge on any atom is 0.306 e. The highest BCUT2D eigenvalue weighted by atomic mass is 35.5. The first kappa shape index (κ1) is 16.2. The third-order valence-corrected chi connectivity index (χ3v) is 5.38. The van der Waals surface area contributed by atoms with Gasteiger partial charge in [0.15, 0.2) is 5.82 Å². The molecule has 1 aromatic rings. The van der Waals surface area contributed by atoms with E-state index in [0.29, 0.717) is 19.3 Å². The number of halogens is 2. The number of sulfonamides is 1. The summed E-state index contributed by atoms with van der Waals surface area (Å²) in [6.07, 6.45) is 1.88. The third kappa shape index (κ3) is 3.72. The van der Waals surface area contributed by atoms with Crippen LogP contribution < -0.4 is 4.72 Å². The zero-order valence-corrected chi connectivity index (χ0v) is 12.6. The van der Waals surface area contributed by atoms with Crippen LogP contribution in [0.25, 0.3) is 0 Å². The Morgan fingerprint density at radius 1 is 1.38 bits per heavy atom. The van der Waals surface area contributed by atoms with Crippen LogP contribution in [0.1, 0.15) is 25.7 Å². The summed E-state index contributed by atoms with van der Waals surface area (Å²) < 4.78 is 40.6. The molecule has 1 fully saturated rings. The number of aliphatic carboxylic acids is 1. The first-order valence-electron chi connectivity index (χ1n) is 6.50. The number of hydrogen-bond acceptors (Lipinski definition) is 3. The Labute approximate surface area is 127 Å². The van der Waals surface area contributed by atoms with Crippen molar-refractivity contribution < 1.29 is 22.7 Å². The molecule has 2 rings (SSSR count). The van der Waals surface area contributed by atoms with Gasteiger partial charge in [0.25, 0.3) is 0 Å². The quantitative estimate of drug-likeness (QED) is 0.885. The maximum absolute atomic E-state index is 13.8. The smallest absolute Gasteiger partial charge is 0.306 e. The van der Waals surface area contributed by atoms with Gasteiger partial charge in [-0.3, -0.25) is 4.79 Å². The van der Waals surface area contributed by atoms with Gasteiger partial charge in [0.2, 0.25) is 10.0 Å². The van der Waals surface area contributed by atoms with Gasteiger partial charge in [0.05, 0.1) is 10.9 Å². The zero-order chi connectivity index (χ0) is 15.6. The van der Waals surface area contributed by atoms with Gasteiger partial charge < -0.3 is 5.11 Å². The second kappa shape index (κ2) is 6.29. The van der Waals surface area contributed by atoms with Crippen LogP contribution in [0.4, 0.5) is 4.39 Å². The van der Waals surface area contributed by atoms with Crippen molar-refractivity contribution in [3.63, 3.8) is 0 Å². The van der Waals surface area contributed by atoms with Crippen molar-refractivity contribution in [3.8, 4) is 0 Å². The summed E-state index contributed by atoms with van der Waals surface area (Å²) in [6, 6.07) is 3.22. The SMILES string of the molecule is O=C(O)C1CCCC(NS(=O)(=O)c2cccc(Cl)c2F)C1. The van der Waals surface area contributed by atoms with Crippen molar-refractivity contribution >= 4 is 27.6 Å². The molecule has 0 saturated heterocycles. The molecule has 0 amide bonds. The fraction of sp³-hybridized carbons (Fsp3) is 0.462. The van der Waals surface area contributed by atoms with Crippen LogP contribution in [-0.4, -0.2) is 25.5 Å². The van der Waals surface area contributed by atoms with E-state index in [1.54, 1.807) is 0 Å². The average Bonchev–Trinajstić information content (AvgIpc) is 2.41. The molecule has 2 atom stereocenters. The lowest BCUT2D eigenvalue weighted by Gasteiger charge is -2.27. The highest BCUT2D eigenvalue weighted by molar-refractivity contribution is 7.89. The van der Waals surface area contributed by atoms with Gasteiger partial charge in [0, 0.05) is 6.04 Å².